The van der Waals surface area contributed by atoms with E-state index in [0.717, 1.165) is 33.6 Å². The highest BCUT2D eigenvalue weighted by molar-refractivity contribution is 9.10. The molecule has 0 saturated carbocycles. The molecular weight excluding hydrogens is 408 g/mol. The maximum atomic E-state index is 9.11. The Bertz CT molecular complexity index is 986. The van der Waals surface area contributed by atoms with Gasteiger partial charge in [-0.05, 0) is 60.2 Å². The lowest BCUT2D eigenvalue weighted by atomic mass is 9.76. The number of halogens is 1. The Hall–Kier alpha value is -2.47. The summed E-state index contributed by atoms with van der Waals surface area (Å²) in [5.41, 5.74) is 5.12. The highest BCUT2D eigenvalue weighted by atomic mass is 79.9. The van der Waals surface area contributed by atoms with Gasteiger partial charge in [0, 0.05) is 16.1 Å². The molecule has 5 rings (SSSR count). The van der Waals surface area contributed by atoms with Crippen LogP contribution in [0.5, 0.6) is 11.5 Å². The van der Waals surface area contributed by atoms with Crippen molar-refractivity contribution in [2.45, 2.75) is 25.3 Å². The van der Waals surface area contributed by atoms with Crippen LogP contribution < -0.4 is 14.8 Å². The highest BCUT2D eigenvalue weighted by Gasteiger charge is 2.39. The molecule has 2 aliphatic heterocycles. The Morgan fingerprint density at radius 3 is 2.81 bits per heavy atom. The molecule has 5 nitrogen and oxygen atoms in total. The summed E-state index contributed by atoms with van der Waals surface area (Å²) in [6.45, 7) is 2.08. The second kappa shape index (κ2) is 6.30. The van der Waals surface area contributed by atoms with Crippen LogP contribution in [0.1, 0.15) is 42.0 Å². The number of hydrogen-bond acceptors (Lipinski definition) is 5. The summed E-state index contributed by atoms with van der Waals surface area (Å²) in [6, 6.07) is 10.5. The zero-order valence-electron chi connectivity index (χ0n) is 14.8. The Balaban J connectivity index is 1.58. The molecule has 0 spiro atoms. The third kappa shape index (κ3) is 2.62. The average molecular weight is 427 g/mol. The fourth-order valence-electron chi connectivity index (χ4n) is 4.36. The third-order valence-electron chi connectivity index (χ3n) is 5.76. The van der Waals surface area contributed by atoms with Gasteiger partial charge in [0.05, 0.1) is 11.8 Å². The van der Waals surface area contributed by atoms with Gasteiger partial charge in [0.2, 0.25) is 6.79 Å². The second-order valence-electron chi connectivity index (χ2n) is 7.19. The molecule has 0 amide bonds. The Morgan fingerprint density at radius 1 is 1.19 bits per heavy atom. The van der Waals surface area contributed by atoms with Gasteiger partial charge in [0.15, 0.2) is 11.5 Å². The van der Waals surface area contributed by atoms with Crippen molar-refractivity contribution in [3.63, 3.8) is 0 Å². The lowest BCUT2D eigenvalue weighted by molar-refractivity contribution is 0.174. The maximum absolute atomic E-state index is 9.11. The summed E-state index contributed by atoms with van der Waals surface area (Å²) in [5.74, 6) is 2.32. The van der Waals surface area contributed by atoms with Crippen molar-refractivity contribution in [3.8, 4) is 11.5 Å². The smallest absolute Gasteiger partial charge is 0.231 e. The number of fused-ring (bicyclic) bond motifs is 4. The summed E-state index contributed by atoms with van der Waals surface area (Å²) in [5, 5.41) is 16.2. The number of ether oxygens (including phenoxy) is 2. The predicted molar refractivity (Wildman–Crippen MR) is 107 cm³/mol. The van der Waals surface area contributed by atoms with Crippen LogP contribution in [0.4, 0.5) is 5.69 Å². The topological polar surface area (TPSA) is 63.1 Å². The van der Waals surface area contributed by atoms with Crippen molar-refractivity contribution in [1.82, 2.24) is 0 Å². The number of nitrogens with one attached hydrogen (secondary N) is 1. The van der Waals surface area contributed by atoms with Crippen molar-refractivity contribution in [2.75, 3.05) is 12.1 Å². The number of anilines is 1. The Morgan fingerprint density at radius 2 is 2.00 bits per heavy atom. The largest absolute Gasteiger partial charge is 0.454 e. The van der Waals surface area contributed by atoms with Crippen LogP contribution in [-0.4, -0.2) is 17.7 Å². The summed E-state index contributed by atoms with van der Waals surface area (Å²) < 4.78 is 12.1. The minimum absolute atomic E-state index is 0.167. The molecule has 2 heterocycles. The van der Waals surface area contributed by atoms with Crippen LogP contribution >= 0.6 is 15.9 Å². The second-order valence-corrected chi connectivity index (χ2v) is 8.04. The van der Waals surface area contributed by atoms with E-state index in [-0.39, 0.29) is 12.8 Å². The lowest BCUT2D eigenvalue weighted by Gasteiger charge is -2.38. The van der Waals surface area contributed by atoms with E-state index < -0.39 is 0 Å². The molecule has 1 aliphatic carbocycles. The maximum Gasteiger partial charge on any atom is 0.231 e. The van der Waals surface area contributed by atoms with Gasteiger partial charge in [0.25, 0.3) is 0 Å². The van der Waals surface area contributed by atoms with E-state index in [1.54, 1.807) is 0 Å². The van der Waals surface area contributed by atoms with Crippen molar-refractivity contribution in [3.05, 3.63) is 63.6 Å². The molecule has 0 fully saturated rings. The van der Waals surface area contributed by atoms with Gasteiger partial charge < -0.3 is 20.0 Å². The fourth-order valence-corrected chi connectivity index (χ4v) is 4.93. The minimum atomic E-state index is 0.167. The lowest BCUT2D eigenvalue weighted by Crippen LogP contribution is -2.29. The fraction of sp³-hybridized carbons (Fsp3) is 0.286. The summed E-state index contributed by atoms with van der Waals surface area (Å²) in [4.78, 5) is 0. The van der Waals surface area contributed by atoms with E-state index in [4.69, 9.17) is 14.7 Å². The van der Waals surface area contributed by atoms with Crippen molar-refractivity contribution in [1.29, 1.82) is 0 Å². The standard InChI is InChI=1S/C21H19BrN2O3/c1-11(24-25)12-5-6-18-15(7-12)13-3-2-4-14(13)21(23-18)16-8-19-20(9-17(16)22)27-10-26-19/h2-3,5-9,13-14,21,23,25H,4,10H2,1H3/t13-,14+,21?/m1/s1. The van der Waals surface area contributed by atoms with E-state index >= 15 is 0 Å². The molecule has 3 atom stereocenters. The van der Waals surface area contributed by atoms with Crippen LogP contribution in [0.15, 0.2) is 52.1 Å². The molecule has 2 aromatic carbocycles. The summed E-state index contributed by atoms with van der Waals surface area (Å²) in [7, 11) is 0. The number of nitrogens with zero attached hydrogens (tertiary/aromatic N) is 1. The third-order valence-corrected chi connectivity index (χ3v) is 6.44. The average Bonchev–Trinajstić information content (AvgIpc) is 3.35. The van der Waals surface area contributed by atoms with Gasteiger partial charge in [-0.3, -0.25) is 0 Å². The molecule has 3 aliphatic rings. The first-order chi connectivity index (χ1) is 13.2. The van der Waals surface area contributed by atoms with Gasteiger partial charge >= 0.3 is 0 Å². The first-order valence-corrected chi connectivity index (χ1v) is 9.80. The van der Waals surface area contributed by atoms with Crippen LogP contribution in [0.3, 0.4) is 0 Å². The molecule has 2 N–H and O–H groups in total. The van der Waals surface area contributed by atoms with Gasteiger partial charge in [-0.1, -0.05) is 39.3 Å². The van der Waals surface area contributed by atoms with E-state index in [9.17, 15) is 0 Å². The highest BCUT2D eigenvalue weighted by Crippen LogP contribution is 2.52. The number of benzene rings is 2. The Kier molecular flexibility index (Phi) is 3.90. The molecule has 138 valence electrons. The van der Waals surface area contributed by atoms with Gasteiger partial charge in [-0.25, -0.2) is 0 Å². The van der Waals surface area contributed by atoms with Crippen molar-refractivity contribution in [2.24, 2.45) is 11.1 Å². The number of rotatable bonds is 2. The minimum Gasteiger partial charge on any atom is -0.454 e. The first-order valence-electron chi connectivity index (χ1n) is 9.01. The normalized spacial score (nSPS) is 25.1. The number of hydrogen-bond donors (Lipinski definition) is 2. The first kappa shape index (κ1) is 16.7. The number of allylic oxidation sites excluding steroid dienone is 2. The molecule has 27 heavy (non-hydrogen) atoms. The van der Waals surface area contributed by atoms with Crippen molar-refractivity contribution < 1.29 is 14.7 Å². The van der Waals surface area contributed by atoms with E-state index in [1.165, 1.54) is 11.1 Å². The quantitative estimate of drug-likeness (QED) is 0.299. The van der Waals surface area contributed by atoms with Gasteiger partial charge in [-0.2, -0.15) is 0 Å². The van der Waals surface area contributed by atoms with Gasteiger partial charge in [0.1, 0.15) is 0 Å². The zero-order valence-corrected chi connectivity index (χ0v) is 16.4. The summed E-state index contributed by atoms with van der Waals surface area (Å²) in [6.07, 6.45) is 5.58. The molecule has 0 bridgehead atoms. The van der Waals surface area contributed by atoms with Crippen LogP contribution in [0.2, 0.25) is 0 Å². The molecule has 2 aromatic rings. The van der Waals surface area contributed by atoms with Crippen LogP contribution in [0.25, 0.3) is 0 Å². The predicted octanol–water partition coefficient (Wildman–Crippen LogP) is 5.20. The number of oxime groups is 1. The SMILES string of the molecule is CC(=NO)c1ccc2c(c1)[C@@H]1C=CC[C@@H]1C(c1cc3c(cc1Br)OCO3)N2. The van der Waals surface area contributed by atoms with E-state index in [1.807, 2.05) is 19.1 Å². The van der Waals surface area contributed by atoms with Crippen molar-refractivity contribution >= 4 is 27.3 Å². The monoisotopic (exact) mass is 426 g/mol. The molecule has 0 radical (unpaired) electrons. The van der Waals surface area contributed by atoms with E-state index in [0.29, 0.717) is 17.5 Å². The van der Waals surface area contributed by atoms with Crippen LogP contribution in [-0.2, 0) is 0 Å². The van der Waals surface area contributed by atoms with Gasteiger partial charge in [-0.15, -0.1) is 0 Å². The molecule has 0 aromatic heterocycles. The molecule has 6 heteroatoms. The van der Waals surface area contributed by atoms with Crippen LogP contribution in [0, 0.1) is 5.92 Å². The molecule has 0 saturated heterocycles. The summed E-state index contributed by atoms with van der Waals surface area (Å²) >= 11 is 3.72. The molecular formula is C21H19BrN2O3. The van der Waals surface area contributed by atoms with E-state index in [2.05, 4.69) is 56.8 Å². The molecule has 1 unspecified atom stereocenters. The Labute approximate surface area is 165 Å². The zero-order chi connectivity index (χ0) is 18.5.